The van der Waals surface area contributed by atoms with E-state index in [1.165, 1.54) is 83.5 Å². The van der Waals surface area contributed by atoms with Crippen LogP contribution in [0.1, 0.15) is 116 Å². The third kappa shape index (κ3) is 21.0. The molecule has 25 heavy (non-hydrogen) atoms. The van der Waals surface area contributed by atoms with Crippen molar-refractivity contribution >= 4 is 5.97 Å². The molecule has 148 valence electrons. The van der Waals surface area contributed by atoms with Gasteiger partial charge < -0.3 is 4.74 Å². The van der Waals surface area contributed by atoms with Crippen molar-refractivity contribution in [3.63, 3.8) is 0 Å². The second-order valence-electron chi connectivity index (χ2n) is 7.13. The summed E-state index contributed by atoms with van der Waals surface area (Å²) in [4.78, 5) is 21.3. The fourth-order valence-corrected chi connectivity index (χ4v) is 3.03. The van der Waals surface area contributed by atoms with Crippen molar-refractivity contribution in [1.29, 1.82) is 0 Å². The number of hydrogen-bond donors (Lipinski definition) is 0. The average molecular weight is 356 g/mol. The van der Waals surface area contributed by atoms with E-state index in [1.54, 1.807) is 0 Å². The first-order valence-electron chi connectivity index (χ1n) is 10.8. The Morgan fingerprint density at radius 2 is 1.12 bits per heavy atom. The molecule has 0 saturated carbocycles. The number of rotatable bonds is 20. The topological polar surface area (TPSA) is 55.7 Å². The van der Waals surface area contributed by atoms with E-state index in [2.05, 4.69) is 12.1 Å². The molecular weight excluding hydrogens is 314 g/mol. The van der Waals surface area contributed by atoms with E-state index < -0.39 is 0 Å². The summed E-state index contributed by atoms with van der Waals surface area (Å²) in [5, 5.41) is 2.74. The number of esters is 1. The Morgan fingerprint density at radius 1 is 0.680 bits per heavy atom. The Labute approximate surface area is 155 Å². The van der Waals surface area contributed by atoms with Gasteiger partial charge in [0.05, 0.1) is 13.2 Å². The molecular formula is C21H41NO3. The molecule has 0 amide bonds. The third-order valence-corrected chi connectivity index (χ3v) is 4.64. The van der Waals surface area contributed by atoms with E-state index in [1.807, 2.05) is 0 Å². The minimum Gasteiger partial charge on any atom is -0.466 e. The van der Waals surface area contributed by atoms with Gasteiger partial charge in [0.2, 0.25) is 0 Å². The fraction of sp³-hybridized carbons (Fsp3) is 0.952. The SMILES string of the molecule is CCCCCCCCCCCCCCCCCC(=O)OCCCN=O. The number of nitroso groups, excluding NO2 is 1. The zero-order valence-corrected chi connectivity index (χ0v) is 16.6. The van der Waals surface area contributed by atoms with E-state index in [-0.39, 0.29) is 12.5 Å². The highest BCUT2D eigenvalue weighted by Gasteiger charge is 2.02. The first-order chi connectivity index (χ1) is 12.3. The molecule has 0 aliphatic carbocycles. The van der Waals surface area contributed by atoms with Gasteiger partial charge in [-0.2, -0.15) is 4.91 Å². The number of hydrogen-bond acceptors (Lipinski definition) is 4. The molecule has 0 aromatic carbocycles. The Hall–Kier alpha value is -0.930. The summed E-state index contributed by atoms with van der Waals surface area (Å²) in [6, 6.07) is 0. The van der Waals surface area contributed by atoms with Gasteiger partial charge in [0.25, 0.3) is 0 Å². The summed E-state index contributed by atoms with van der Waals surface area (Å²) in [7, 11) is 0. The summed E-state index contributed by atoms with van der Waals surface area (Å²) in [5.74, 6) is -0.138. The first kappa shape index (κ1) is 24.1. The van der Waals surface area contributed by atoms with E-state index in [9.17, 15) is 9.70 Å². The number of carbonyl (C=O) groups excluding carboxylic acids is 1. The number of unbranched alkanes of at least 4 members (excludes halogenated alkanes) is 14. The average Bonchev–Trinajstić information content (AvgIpc) is 2.62. The molecule has 0 bridgehead atoms. The highest BCUT2D eigenvalue weighted by molar-refractivity contribution is 5.69. The van der Waals surface area contributed by atoms with E-state index in [0.29, 0.717) is 19.4 Å². The molecule has 0 spiro atoms. The molecule has 4 heteroatoms. The second kappa shape index (κ2) is 21.1. The van der Waals surface area contributed by atoms with Crippen molar-refractivity contribution in [3.8, 4) is 0 Å². The van der Waals surface area contributed by atoms with Crippen LogP contribution in [0.25, 0.3) is 0 Å². The normalized spacial score (nSPS) is 10.8. The Bertz CT molecular complexity index is 295. The van der Waals surface area contributed by atoms with Crippen LogP contribution in [0.5, 0.6) is 0 Å². The quantitative estimate of drug-likeness (QED) is 0.135. The summed E-state index contributed by atoms with van der Waals surface area (Å²) in [5.41, 5.74) is 0. The molecule has 0 heterocycles. The van der Waals surface area contributed by atoms with Gasteiger partial charge in [0.15, 0.2) is 0 Å². The number of ether oxygens (including phenoxy) is 1. The van der Waals surface area contributed by atoms with Gasteiger partial charge in [-0.05, 0) is 6.42 Å². The van der Waals surface area contributed by atoms with Gasteiger partial charge in [-0.3, -0.25) is 4.79 Å². The maximum atomic E-state index is 11.4. The molecule has 0 aromatic heterocycles. The van der Waals surface area contributed by atoms with Crippen molar-refractivity contribution in [3.05, 3.63) is 4.91 Å². The molecule has 0 unspecified atom stereocenters. The summed E-state index contributed by atoms with van der Waals surface area (Å²) in [6.07, 6.45) is 20.9. The molecule has 4 nitrogen and oxygen atoms in total. The molecule has 0 atom stereocenters. The van der Waals surface area contributed by atoms with Crippen LogP contribution in [0.4, 0.5) is 0 Å². The van der Waals surface area contributed by atoms with Crippen molar-refractivity contribution in [2.75, 3.05) is 13.2 Å². The Balaban J connectivity index is 3.09. The summed E-state index contributed by atoms with van der Waals surface area (Å²) < 4.78 is 5.03. The van der Waals surface area contributed by atoms with Crippen molar-refractivity contribution in [1.82, 2.24) is 0 Å². The first-order valence-corrected chi connectivity index (χ1v) is 10.8. The van der Waals surface area contributed by atoms with Crippen molar-refractivity contribution in [2.45, 2.75) is 116 Å². The zero-order valence-electron chi connectivity index (χ0n) is 16.6. The Kier molecular flexibility index (Phi) is 20.3. The lowest BCUT2D eigenvalue weighted by Gasteiger charge is -2.04. The van der Waals surface area contributed by atoms with Gasteiger partial charge in [-0.25, -0.2) is 0 Å². The highest BCUT2D eigenvalue weighted by Crippen LogP contribution is 2.13. The predicted octanol–water partition coefficient (Wildman–Crippen LogP) is 6.95. The van der Waals surface area contributed by atoms with Crippen LogP contribution in [0.2, 0.25) is 0 Å². The molecule has 0 aromatic rings. The molecule has 0 rings (SSSR count). The largest absolute Gasteiger partial charge is 0.466 e. The van der Waals surface area contributed by atoms with Gasteiger partial charge in [-0.1, -0.05) is 102 Å². The van der Waals surface area contributed by atoms with Crippen LogP contribution in [0, 0.1) is 4.91 Å². The Morgan fingerprint density at radius 3 is 1.56 bits per heavy atom. The van der Waals surface area contributed by atoms with Gasteiger partial charge in [-0.15, -0.1) is 0 Å². The zero-order chi connectivity index (χ0) is 18.4. The molecule has 0 N–H and O–H groups in total. The standard InChI is InChI=1S/C21H41NO3/c1-2-3-4-5-6-7-8-9-10-11-12-13-14-15-16-18-21(23)25-20-17-19-22-24/h2-20H2,1H3. The number of nitrogens with zero attached hydrogens (tertiary/aromatic N) is 1. The molecule has 0 aliphatic heterocycles. The van der Waals surface area contributed by atoms with E-state index in [0.717, 1.165) is 12.8 Å². The highest BCUT2D eigenvalue weighted by atomic mass is 16.5. The van der Waals surface area contributed by atoms with Gasteiger partial charge in [0.1, 0.15) is 0 Å². The number of carbonyl (C=O) groups is 1. The van der Waals surface area contributed by atoms with Crippen LogP contribution < -0.4 is 0 Å². The molecule has 0 radical (unpaired) electrons. The minimum absolute atomic E-state index is 0.138. The van der Waals surface area contributed by atoms with Crippen molar-refractivity contribution in [2.24, 2.45) is 5.18 Å². The lowest BCUT2D eigenvalue weighted by atomic mass is 10.0. The van der Waals surface area contributed by atoms with Crippen LogP contribution in [-0.2, 0) is 9.53 Å². The van der Waals surface area contributed by atoms with Gasteiger partial charge >= 0.3 is 5.97 Å². The van der Waals surface area contributed by atoms with E-state index >= 15 is 0 Å². The molecule has 0 aliphatic rings. The summed E-state index contributed by atoms with van der Waals surface area (Å²) >= 11 is 0. The monoisotopic (exact) mass is 355 g/mol. The van der Waals surface area contributed by atoms with Gasteiger partial charge in [0, 0.05) is 12.8 Å². The maximum Gasteiger partial charge on any atom is 0.305 e. The molecule has 0 saturated heterocycles. The van der Waals surface area contributed by atoms with Crippen LogP contribution in [0.15, 0.2) is 5.18 Å². The van der Waals surface area contributed by atoms with Crippen LogP contribution >= 0.6 is 0 Å². The second-order valence-corrected chi connectivity index (χ2v) is 7.13. The maximum absolute atomic E-state index is 11.4. The smallest absolute Gasteiger partial charge is 0.305 e. The fourth-order valence-electron chi connectivity index (χ4n) is 3.03. The van der Waals surface area contributed by atoms with Crippen LogP contribution in [-0.4, -0.2) is 19.1 Å². The predicted molar refractivity (Wildman–Crippen MR) is 106 cm³/mol. The lowest BCUT2D eigenvalue weighted by molar-refractivity contribution is -0.143. The lowest BCUT2D eigenvalue weighted by Crippen LogP contribution is -2.06. The molecule has 0 fully saturated rings. The minimum atomic E-state index is -0.138. The van der Waals surface area contributed by atoms with Crippen molar-refractivity contribution < 1.29 is 9.53 Å². The van der Waals surface area contributed by atoms with Crippen LogP contribution in [0.3, 0.4) is 0 Å². The third-order valence-electron chi connectivity index (χ3n) is 4.64. The van der Waals surface area contributed by atoms with E-state index in [4.69, 9.17) is 4.74 Å². The summed E-state index contributed by atoms with van der Waals surface area (Å²) in [6.45, 7) is 2.82.